The van der Waals surface area contributed by atoms with Gasteiger partial charge in [0.15, 0.2) is 11.3 Å². The summed E-state index contributed by atoms with van der Waals surface area (Å²) in [6, 6.07) is 5.45. The van der Waals surface area contributed by atoms with E-state index in [1.807, 2.05) is 12.1 Å². The van der Waals surface area contributed by atoms with Gasteiger partial charge in [-0.2, -0.15) is 0 Å². The summed E-state index contributed by atoms with van der Waals surface area (Å²) >= 11 is 0. The number of ether oxygens (including phenoxy) is 2. The average Bonchev–Trinajstić information content (AvgIpc) is 3.02. The van der Waals surface area contributed by atoms with E-state index >= 15 is 0 Å². The van der Waals surface area contributed by atoms with Crippen LogP contribution in [0.15, 0.2) is 43.2 Å². The maximum atomic E-state index is 5.61. The average molecular weight is 306 g/mol. The number of nitrogens with zero attached hydrogens (tertiary/aromatic N) is 3. The molecule has 0 aliphatic carbocycles. The third kappa shape index (κ3) is 3.14. The van der Waals surface area contributed by atoms with Crippen molar-refractivity contribution >= 4 is 11.3 Å². The van der Waals surface area contributed by atoms with Crippen molar-refractivity contribution in [1.82, 2.24) is 19.9 Å². The van der Waals surface area contributed by atoms with Crippen LogP contribution in [-0.4, -0.2) is 33.1 Å². The molecule has 2 heterocycles. The molecule has 1 N–H and O–H groups in total. The summed E-state index contributed by atoms with van der Waals surface area (Å²) in [6.07, 6.45) is 10.2. The van der Waals surface area contributed by atoms with Gasteiger partial charge in [0.1, 0.15) is 30.5 Å². The minimum Gasteiger partial charge on any atom is -0.489 e. The van der Waals surface area contributed by atoms with E-state index in [1.54, 1.807) is 24.5 Å². The molecule has 0 aliphatic heterocycles. The first-order valence-corrected chi connectivity index (χ1v) is 6.93. The zero-order valence-electron chi connectivity index (χ0n) is 12.3. The van der Waals surface area contributed by atoms with Gasteiger partial charge in [-0.25, -0.2) is 15.0 Å². The second-order valence-electron chi connectivity index (χ2n) is 4.56. The van der Waals surface area contributed by atoms with E-state index in [0.29, 0.717) is 35.2 Å². The molecule has 0 bridgehead atoms. The molecule has 0 spiro atoms. The van der Waals surface area contributed by atoms with Crippen molar-refractivity contribution in [3.05, 3.63) is 43.2 Å². The van der Waals surface area contributed by atoms with Gasteiger partial charge in [-0.15, -0.1) is 6.42 Å². The minimum atomic E-state index is 0.147. The molecule has 6 nitrogen and oxygen atoms in total. The summed E-state index contributed by atoms with van der Waals surface area (Å²) in [6.45, 7) is 4.18. The number of benzene rings is 1. The van der Waals surface area contributed by atoms with E-state index in [9.17, 15) is 0 Å². The van der Waals surface area contributed by atoms with Gasteiger partial charge in [0.2, 0.25) is 0 Å². The fraction of sp³-hybridized carbons (Fsp3) is 0.118. The lowest BCUT2D eigenvalue weighted by Crippen LogP contribution is -1.99. The van der Waals surface area contributed by atoms with Crippen molar-refractivity contribution in [3.8, 4) is 35.2 Å². The van der Waals surface area contributed by atoms with Crippen LogP contribution >= 0.6 is 0 Å². The molecule has 0 unspecified atom stereocenters. The fourth-order valence-electron chi connectivity index (χ4n) is 2.06. The third-order valence-corrected chi connectivity index (χ3v) is 3.02. The van der Waals surface area contributed by atoms with Crippen LogP contribution in [0, 0.1) is 12.3 Å². The zero-order valence-corrected chi connectivity index (χ0v) is 12.3. The maximum absolute atomic E-state index is 5.61. The normalized spacial score (nSPS) is 10.2. The number of H-pyrrole nitrogens is 1. The van der Waals surface area contributed by atoms with Gasteiger partial charge in [-0.3, -0.25) is 0 Å². The SMILES string of the molecule is C#CCOc1cc(OCC=C)ccc1-c1nc2nccnc2[nH]1. The highest BCUT2D eigenvalue weighted by atomic mass is 16.5. The summed E-state index contributed by atoms with van der Waals surface area (Å²) in [5.41, 5.74) is 1.90. The smallest absolute Gasteiger partial charge is 0.197 e. The first-order chi connectivity index (χ1) is 11.3. The van der Waals surface area contributed by atoms with Crippen molar-refractivity contribution in [1.29, 1.82) is 0 Å². The van der Waals surface area contributed by atoms with Gasteiger partial charge in [0.05, 0.1) is 5.56 Å². The topological polar surface area (TPSA) is 72.9 Å². The Bertz CT molecular complexity index is 847. The number of hydrogen-bond acceptors (Lipinski definition) is 5. The first-order valence-electron chi connectivity index (χ1n) is 6.93. The minimum absolute atomic E-state index is 0.147. The number of aromatic nitrogens is 4. The van der Waals surface area contributed by atoms with Crippen molar-refractivity contribution in [2.45, 2.75) is 0 Å². The summed E-state index contributed by atoms with van der Waals surface area (Å²) in [4.78, 5) is 15.9. The highest BCUT2D eigenvalue weighted by molar-refractivity contribution is 5.75. The molecule has 0 fully saturated rings. The molecule has 0 aliphatic rings. The number of hydrogen-bond donors (Lipinski definition) is 1. The summed E-state index contributed by atoms with van der Waals surface area (Å²) in [7, 11) is 0. The van der Waals surface area contributed by atoms with Crippen LogP contribution in [0.3, 0.4) is 0 Å². The summed E-state index contributed by atoms with van der Waals surface area (Å²) < 4.78 is 11.1. The molecule has 2 aromatic heterocycles. The lowest BCUT2D eigenvalue weighted by Gasteiger charge is -2.10. The molecule has 3 rings (SSSR count). The van der Waals surface area contributed by atoms with Crippen molar-refractivity contribution in [2.24, 2.45) is 0 Å². The predicted octanol–water partition coefficient (Wildman–Crippen LogP) is 2.60. The van der Waals surface area contributed by atoms with Crippen LogP contribution in [0.5, 0.6) is 11.5 Å². The van der Waals surface area contributed by atoms with Crippen molar-refractivity contribution < 1.29 is 9.47 Å². The Balaban J connectivity index is 2.02. The Hall–Kier alpha value is -3.33. The Morgan fingerprint density at radius 3 is 2.91 bits per heavy atom. The molecule has 0 saturated heterocycles. The van der Waals surface area contributed by atoms with Crippen LogP contribution in [0.4, 0.5) is 0 Å². The van der Waals surface area contributed by atoms with E-state index in [2.05, 4.69) is 32.4 Å². The first kappa shape index (κ1) is 14.6. The molecule has 114 valence electrons. The quantitative estimate of drug-likeness (QED) is 0.560. The second-order valence-corrected chi connectivity index (χ2v) is 4.56. The van der Waals surface area contributed by atoms with E-state index < -0.39 is 0 Å². The second kappa shape index (κ2) is 6.62. The van der Waals surface area contributed by atoms with E-state index in [4.69, 9.17) is 15.9 Å². The number of rotatable bonds is 6. The monoisotopic (exact) mass is 306 g/mol. The molecule has 0 radical (unpaired) electrons. The number of fused-ring (bicyclic) bond motifs is 1. The molecule has 23 heavy (non-hydrogen) atoms. The maximum Gasteiger partial charge on any atom is 0.197 e. The summed E-state index contributed by atoms with van der Waals surface area (Å²) in [5.74, 6) is 4.29. The lowest BCUT2D eigenvalue weighted by atomic mass is 10.2. The number of nitrogens with one attached hydrogen (secondary N) is 1. The van der Waals surface area contributed by atoms with Gasteiger partial charge in [0.25, 0.3) is 0 Å². The fourth-order valence-corrected chi connectivity index (χ4v) is 2.06. The highest BCUT2D eigenvalue weighted by Gasteiger charge is 2.13. The predicted molar refractivity (Wildman–Crippen MR) is 87.1 cm³/mol. The van der Waals surface area contributed by atoms with Crippen molar-refractivity contribution in [2.75, 3.05) is 13.2 Å². The number of terminal acetylenes is 1. The molecular weight excluding hydrogens is 292 g/mol. The standard InChI is InChI=1S/C17H14N4O2/c1-3-9-22-12-5-6-13(14(11-12)23-10-4-2)15-20-16-17(21-15)19-8-7-18-16/h2-3,5-8,11H,1,9-10H2,(H,18,19,20,21). The van der Waals surface area contributed by atoms with E-state index in [1.165, 1.54) is 0 Å². The number of imidazole rings is 1. The van der Waals surface area contributed by atoms with Gasteiger partial charge in [-0.1, -0.05) is 18.6 Å². The van der Waals surface area contributed by atoms with E-state index in [0.717, 1.165) is 5.56 Å². The number of aromatic amines is 1. The van der Waals surface area contributed by atoms with Crippen molar-refractivity contribution in [3.63, 3.8) is 0 Å². The van der Waals surface area contributed by atoms with Crippen LogP contribution < -0.4 is 9.47 Å². The van der Waals surface area contributed by atoms with E-state index in [-0.39, 0.29) is 6.61 Å². The summed E-state index contributed by atoms with van der Waals surface area (Å²) in [5, 5.41) is 0. The van der Waals surface area contributed by atoms with Gasteiger partial charge < -0.3 is 14.5 Å². The Morgan fingerprint density at radius 2 is 2.13 bits per heavy atom. The Kier molecular flexibility index (Phi) is 4.20. The van der Waals surface area contributed by atoms with Gasteiger partial charge in [-0.05, 0) is 12.1 Å². The molecule has 3 aromatic rings. The third-order valence-electron chi connectivity index (χ3n) is 3.02. The zero-order chi connectivity index (χ0) is 16.1. The molecular formula is C17H14N4O2. The molecule has 0 saturated carbocycles. The Morgan fingerprint density at radius 1 is 1.26 bits per heavy atom. The van der Waals surface area contributed by atoms with Crippen LogP contribution in [0.2, 0.25) is 0 Å². The van der Waals surface area contributed by atoms with Crippen LogP contribution in [-0.2, 0) is 0 Å². The lowest BCUT2D eigenvalue weighted by molar-refractivity contribution is 0.349. The van der Waals surface area contributed by atoms with Crippen LogP contribution in [0.1, 0.15) is 0 Å². The van der Waals surface area contributed by atoms with Crippen LogP contribution in [0.25, 0.3) is 22.7 Å². The van der Waals surface area contributed by atoms with Gasteiger partial charge >= 0.3 is 0 Å². The molecule has 0 amide bonds. The molecule has 6 heteroatoms. The Labute approximate surface area is 133 Å². The van der Waals surface area contributed by atoms with Gasteiger partial charge in [0, 0.05) is 18.5 Å². The molecule has 1 aromatic carbocycles. The molecule has 0 atom stereocenters. The highest BCUT2D eigenvalue weighted by Crippen LogP contribution is 2.32. The largest absolute Gasteiger partial charge is 0.489 e.